The van der Waals surface area contributed by atoms with Crippen molar-refractivity contribution < 1.29 is 29.3 Å². The molecule has 1 aliphatic carbocycles. The number of amides is 2. The quantitative estimate of drug-likeness (QED) is 0.482. The highest BCUT2D eigenvalue weighted by molar-refractivity contribution is 7.09. The number of hydrogen-bond donors (Lipinski definition) is 3. The molecule has 1 saturated heterocycles. The summed E-state index contributed by atoms with van der Waals surface area (Å²) in [5.41, 5.74) is 4.62. The number of aromatic nitrogens is 1. The van der Waals surface area contributed by atoms with Crippen molar-refractivity contribution in [1.82, 2.24) is 15.2 Å². The van der Waals surface area contributed by atoms with Crippen molar-refractivity contribution in [1.29, 1.82) is 0 Å². The smallest absolute Gasteiger partial charge is 0.407 e. The summed E-state index contributed by atoms with van der Waals surface area (Å²) in [6.45, 7) is 0.204. The van der Waals surface area contributed by atoms with E-state index in [-0.39, 0.29) is 37.7 Å². The molecule has 0 bridgehead atoms. The molecule has 1 aliphatic heterocycles. The molecule has 180 valence electrons. The zero-order valence-corrected chi connectivity index (χ0v) is 19.4. The minimum absolute atomic E-state index is 0.0125. The van der Waals surface area contributed by atoms with E-state index < -0.39 is 30.1 Å². The van der Waals surface area contributed by atoms with Gasteiger partial charge >= 0.3 is 12.1 Å². The Balaban J connectivity index is 1.17. The number of benzene rings is 2. The number of hydrogen-bond acceptors (Lipinski definition) is 7. The highest BCUT2D eigenvalue weighted by Gasteiger charge is 2.40. The number of fused-ring (bicyclic) bond motifs is 3. The third kappa shape index (κ3) is 4.50. The fourth-order valence-electron chi connectivity index (χ4n) is 4.71. The van der Waals surface area contributed by atoms with E-state index in [0.717, 1.165) is 27.2 Å². The number of aliphatic hydroxyl groups excluding tert-OH is 1. The van der Waals surface area contributed by atoms with Gasteiger partial charge in [-0.2, -0.15) is 0 Å². The first-order valence-electron chi connectivity index (χ1n) is 11.2. The lowest BCUT2D eigenvalue weighted by atomic mass is 9.98. The first kappa shape index (κ1) is 23.0. The molecule has 2 aliphatic rings. The van der Waals surface area contributed by atoms with E-state index in [2.05, 4.69) is 22.4 Å². The lowest BCUT2D eigenvalue weighted by Crippen LogP contribution is -2.40. The van der Waals surface area contributed by atoms with E-state index >= 15 is 0 Å². The lowest BCUT2D eigenvalue weighted by Gasteiger charge is -2.19. The van der Waals surface area contributed by atoms with Gasteiger partial charge in [0, 0.05) is 24.3 Å². The average molecular weight is 494 g/mol. The summed E-state index contributed by atoms with van der Waals surface area (Å²) >= 11 is 1.18. The average Bonchev–Trinajstić information content (AvgIpc) is 3.57. The standard InChI is InChI=1S/C25H23N3O6S/c29-14-9-21(24(31)32)28(11-14)23(30)20-13-35-22(27-20)10-26-25(33)34-12-19-17-7-3-1-5-15(17)16-6-2-4-8-18(16)19/h1-8,13-14,19,21,29H,9-12H2,(H,26,33)(H,31,32)/t14?,21-/m0/s1. The molecule has 2 aromatic carbocycles. The number of carbonyl (C=O) groups excluding carboxylic acids is 2. The maximum atomic E-state index is 12.7. The van der Waals surface area contributed by atoms with Gasteiger partial charge in [-0.1, -0.05) is 48.5 Å². The van der Waals surface area contributed by atoms with Gasteiger partial charge in [-0.3, -0.25) is 4.79 Å². The van der Waals surface area contributed by atoms with Crippen molar-refractivity contribution in [3.05, 3.63) is 75.7 Å². The highest BCUT2D eigenvalue weighted by atomic mass is 32.1. The van der Waals surface area contributed by atoms with Gasteiger partial charge in [-0.15, -0.1) is 11.3 Å². The van der Waals surface area contributed by atoms with Crippen LogP contribution in [-0.2, 0) is 16.1 Å². The summed E-state index contributed by atoms with van der Waals surface area (Å²) in [7, 11) is 0. The number of nitrogens with zero attached hydrogens (tertiary/aromatic N) is 2. The minimum atomic E-state index is -1.16. The van der Waals surface area contributed by atoms with Crippen LogP contribution in [0.3, 0.4) is 0 Å². The molecule has 2 amide bonds. The van der Waals surface area contributed by atoms with Gasteiger partial charge in [0.05, 0.1) is 12.6 Å². The molecule has 2 atom stereocenters. The number of carboxylic acids is 1. The van der Waals surface area contributed by atoms with Gasteiger partial charge in [0.15, 0.2) is 0 Å². The van der Waals surface area contributed by atoms with Gasteiger partial charge in [0.25, 0.3) is 5.91 Å². The monoisotopic (exact) mass is 493 g/mol. The van der Waals surface area contributed by atoms with Crippen LogP contribution < -0.4 is 5.32 Å². The number of rotatable bonds is 6. The van der Waals surface area contributed by atoms with Gasteiger partial charge < -0.3 is 25.2 Å². The molecule has 0 saturated carbocycles. The van der Waals surface area contributed by atoms with E-state index in [9.17, 15) is 24.6 Å². The first-order valence-corrected chi connectivity index (χ1v) is 12.1. The summed E-state index contributed by atoms with van der Waals surface area (Å²) < 4.78 is 5.51. The number of carbonyl (C=O) groups is 3. The van der Waals surface area contributed by atoms with Crippen molar-refractivity contribution in [3.8, 4) is 11.1 Å². The predicted octanol–water partition coefficient (Wildman–Crippen LogP) is 2.84. The second-order valence-electron chi connectivity index (χ2n) is 8.51. The van der Waals surface area contributed by atoms with Gasteiger partial charge in [0.2, 0.25) is 0 Å². The Morgan fingerprint density at radius 3 is 2.40 bits per heavy atom. The van der Waals surface area contributed by atoms with Crippen molar-refractivity contribution >= 4 is 29.3 Å². The molecule has 0 radical (unpaired) electrons. The summed E-state index contributed by atoms with van der Waals surface area (Å²) in [6.07, 6.45) is -1.49. The number of β-amino-alcohol motifs (C(OH)–C–C–N with tert-alkyl or cyclic N) is 1. The van der Waals surface area contributed by atoms with Crippen LogP contribution in [0.2, 0.25) is 0 Å². The number of nitrogens with one attached hydrogen (secondary N) is 1. The number of alkyl carbamates (subject to hydrolysis) is 1. The molecule has 35 heavy (non-hydrogen) atoms. The normalized spacial score (nSPS) is 18.7. The number of ether oxygens (including phenoxy) is 1. The summed E-state index contributed by atoms with van der Waals surface area (Å²) in [6, 6.07) is 15.1. The van der Waals surface area contributed by atoms with Crippen LogP contribution in [0.1, 0.15) is 39.0 Å². The molecule has 0 spiro atoms. The Bertz CT molecular complexity index is 1250. The summed E-state index contributed by atoms with van der Waals surface area (Å²) in [4.78, 5) is 41.8. The third-order valence-corrected chi connectivity index (χ3v) is 7.17. The van der Waals surface area contributed by atoms with E-state index in [0.29, 0.717) is 5.01 Å². The van der Waals surface area contributed by atoms with Crippen molar-refractivity contribution in [3.63, 3.8) is 0 Å². The van der Waals surface area contributed by atoms with Crippen LogP contribution in [0.4, 0.5) is 4.79 Å². The topological polar surface area (TPSA) is 129 Å². The maximum absolute atomic E-state index is 12.7. The molecule has 3 N–H and O–H groups in total. The summed E-state index contributed by atoms with van der Waals surface area (Å²) in [5.74, 6) is -1.77. The van der Waals surface area contributed by atoms with Crippen molar-refractivity contribution in [2.24, 2.45) is 0 Å². The second kappa shape index (κ2) is 9.47. The zero-order chi connectivity index (χ0) is 24.5. The number of aliphatic carboxylic acids is 1. The second-order valence-corrected chi connectivity index (χ2v) is 9.45. The first-order chi connectivity index (χ1) is 16.9. The fraction of sp³-hybridized carbons (Fsp3) is 0.280. The van der Waals surface area contributed by atoms with Gasteiger partial charge in [0.1, 0.15) is 23.4 Å². The third-order valence-electron chi connectivity index (χ3n) is 6.32. The largest absolute Gasteiger partial charge is 0.480 e. The predicted molar refractivity (Wildman–Crippen MR) is 127 cm³/mol. The zero-order valence-electron chi connectivity index (χ0n) is 18.6. The molecule has 10 heteroatoms. The number of carboxylic acid groups (broad SMARTS) is 1. The highest BCUT2D eigenvalue weighted by Crippen LogP contribution is 2.44. The van der Waals surface area contributed by atoms with Crippen LogP contribution in [0.15, 0.2) is 53.9 Å². The van der Waals surface area contributed by atoms with Crippen molar-refractivity contribution in [2.75, 3.05) is 13.2 Å². The molecule has 1 fully saturated rings. The molecule has 2 heterocycles. The van der Waals surface area contributed by atoms with Crippen LogP contribution in [0.25, 0.3) is 11.1 Å². The Kier molecular flexibility index (Phi) is 6.23. The number of likely N-dealkylation sites (tertiary alicyclic amines) is 1. The van der Waals surface area contributed by atoms with Gasteiger partial charge in [-0.05, 0) is 22.3 Å². The SMILES string of the molecule is O=C(NCc1nc(C(=O)N2CC(O)C[C@H]2C(=O)O)cs1)OCC1c2ccccc2-c2ccccc21. The molecule has 1 unspecified atom stereocenters. The fourth-order valence-corrected chi connectivity index (χ4v) is 5.41. The molecule has 9 nitrogen and oxygen atoms in total. The summed E-state index contributed by atoms with van der Waals surface area (Å²) in [5, 5.41) is 23.7. The Labute approximate surface area is 205 Å². The van der Waals surface area contributed by atoms with E-state index in [1.807, 2.05) is 36.4 Å². The lowest BCUT2D eigenvalue weighted by molar-refractivity contribution is -0.141. The van der Waals surface area contributed by atoms with Crippen LogP contribution in [-0.4, -0.2) is 63.4 Å². The molecular formula is C25H23N3O6S. The Morgan fingerprint density at radius 1 is 1.09 bits per heavy atom. The van der Waals surface area contributed by atoms with E-state index in [1.54, 1.807) is 0 Å². The van der Waals surface area contributed by atoms with E-state index in [4.69, 9.17) is 4.74 Å². The molecular weight excluding hydrogens is 470 g/mol. The molecule has 1 aromatic heterocycles. The minimum Gasteiger partial charge on any atom is -0.480 e. The number of aliphatic hydroxyl groups is 1. The Morgan fingerprint density at radius 2 is 1.74 bits per heavy atom. The maximum Gasteiger partial charge on any atom is 0.407 e. The Hall–Kier alpha value is -3.76. The molecule has 3 aromatic rings. The van der Waals surface area contributed by atoms with Crippen molar-refractivity contribution in [2.45, 2.75) is 31.0 Å². The van der Waals surface area contributed by atoms with Gasteiger partial charge in [-0.25, -0.2) is 14.6 Å². The molecule has 5 rings (SSSR count). The van der Waals surface area contributed by atoms with E-state index in [1.165, 1.54) is 16.7 Å². The van der Waals surface area contributed by atoms with Crippen LogP contribution >= 0.6 is 11.3 Å². The van der Waals surface area contributed by atoms with Crippen LogP contribution in [0.5, 0.6) is 0 Å². The number of thiazole rings is 1. The van der Waals surface area contributed by atoms with Crippen LogP contribution in [0, 0.1) is 0 Å².